The van der Waals surface area contributed by atoms with Crippen LogP contribution in [0.25, 0.3) is 0 Å². The molecule has 0 aromatic carbocycles. The fourth-order valence-corrected chi connectivity index (χ4v) is 0.520. The van der Waals surface area contributed by atoms with Gasteiger partial charge >= 0.3 is 0 Å². The summed E-state index contributed by atoms with van der Waals surface area (Å²) in [4.78, 5) is 0. The summed E-state index contributed by atoms with van der Waals surface area (Å²) in [6, 6.07) is 0. The normalized spacial score (nSPS) is 17.9. The predicted molar refractivity (Wildman–Crippen MR) is 28.5 cm³/mol. The van der Waals surface area contributed by atoms with Gasteiger partial charge in [-0.3, -0.25) is 4.18 Å². The van der Waals surface area contributed by atoms with E-state index in [0.29, 0.717) is 0 Å². The monoisotopic (exact) mass is 138 g/mol. The molecule has 0 saturated carbocycles. The Morgan fingerprint density at radius 1 is 2.00 bits per heavy atom. The molecule has 50 valence electrons. The molecule has 2 N–H and O–H groups in total. The first kappa shape index (κ1) is 8.03. The smallest absolute Gasteiger partial charge is 0.0845 e. The van der Waals surface area contributed by atoms with Crippen LogP contribution in [0.1, 0.15) is 6.92 Å². The summed E-state index contributed by atoms with van der Waals surface area (Å²) in [5, 5.41) is 0. The molecule has 0 rings (SSSR count). The van der Waals surface area contributed by atoms with Gasteiger partial charge in [-0.1, -0.05) is 0 Å². The van der Waals surface area contributed by atoms with E-state index in [1.807, 2.05) is 0 Å². The molecule has 0 bridgehead atoms. The Balaban J connectivity index is 3.24. The molecule has 0 saturated heterocycles. The van der Waals surface area contributed by atoms with Crippen molar-refractivity contribution in [1.29, 1.82) is 0 Å². The van der Waals surface area contributed by atoms with Gasteiger partial charge in [-0.15, -0.1) is 0 Å². The number of hydrogen-bond acceptors (Lipinski definition) is 4. The summed E-state index contributed by atoms with van der Waals surface area (Å²) in [5.41, 5.74) is 5.02. The van der Waals surface area contributed by atoms with E-state index in [-0.39, 0.29) is 6.54 Å². The second kappa shape index (κ2) is 3.96. The fraction of sp³-hybridized carbons (Fsp3) is 1.00. The summed E-state index contributed by atoms with van der Waals surface area (Å²) in [5.74, 6) is 0. The van der Waals surface area contributed by atoms with Crippen LogP contribution in [0.15, 0.2) is 0 Å². The van der Waals surface area contributed by atoms with E-state index < -0.39 is 17.5 Å². The maximum atomic E-state index is 9.69. The lowest BCUT2D eigenvalue weighted by Gasteiger charge is -2.10. The molecular formula is C3H8NO3S-. The van der Waals surface area contributed by atoms with Gasteiger partial charge in [0.2, 0.25) is 0 Å². The first-order valence-electron chi connectivity index (χ1n) is 2.13. The van der Waals surface area contributed by atoms with E-state index in [2.05, 4.69) is 4.18 Å². The van der Waals surface area contributed by atoms with E-state index in [9.17, 15) is 8.76 Å². The largest absolute Gasteiger partial charge is 0.750 e. The Hall–Kier alpha value is 0.0300. The molecule has 0 radical (unpaired) electrons. The zero-order chi connectivity index (χ0) is 6.57. The van der Waals surface area contributed by atoms with Crippen LogP contribution in [0.3, 0.4) is 0 Å². The third-order valence-electron chi connectivity index (χ3n) is 0.575. The lowest BCUT2D eigenvalue weighted by molar-refractivity contribution is 0.226. The minimum atomic E-state index is -2.43. The second-order valence-corrected chi connectivity index (χ2v) is 1.95. The van der Waals surface area contributed by atoms with Crippen molar-refractivity contribution in [3.05, 3.63) is 0 Å². The molecule has 0 aliphatic carbocycles. The minimum absolute atomic E-state index is 0.216. The molecule has 0 aliphatic rings. The first-order chi connectivity index (χ1) is 3.66. The van der Waals surface area contributed by atoms with Crippen molar-refractivity contribution in [2.75, 3.05) is 6.54 Å². The van der Waals surface area contributed by atoms with E-state index in [4.69, 9.17) is 5.73 Å². The maximum absolute atomic E-state index is 9.69. The molecule has 0 aromatic heterocycles. The van der Waals surface area contributed by atoms with Crippen LogP contribution in [-0.2, 0) is 15.5 Å². The highest BCUT2D eigenvalue weighted by Crippen LogP contribution is 1.87. The second-order valence-electron chi connectivity index (χ2n) is 1.35. The average Bonchev–Trinajstić information content (AvgIpc) is 1.65. The van der Waals surface area contributed by atoms with E-state index in [1.54, 1.807) is 6.92 Å². The molecule has 0 aromatic rings. The third-order valence-corrected chi connectivity index (χ3v) is 1.06. The van der Waals surface area contributed by atoms with E-state index in [1.165, 1.54) is 0 Å². The SMILES string of the molecule is CC(CN)OS(=O)[O-]. The van der Waals surface area contributed by atoms with Gasteiger partial charge in [0.05, 0.1) is 17.5 Å². The Morgan fingerprint density at radius 3 is 2.62 bits per heavy atom. The summed E-state index contributed by atoms with van der Waals surface area (Å²) in [6.07, 6.45) is -0.409. The van der Waals surface area contributed by atoms with Gasteiger partial charge in [-0.2, -0.15) is 0 Å². The lowest BCUT2D eigenvalue weighted by atomic mass is 10.4. The van der Waals surface area contributed by atoms with Crippen LogP contribution in [0.5, 0.6) is 0 Å². The van der Waals surface area contributed by atoms with Gasteiger partial charge in [0.25, 0.3) is 0 Å². The predicted octanol–water partition coefficient (Wildman–Crippen LogP) is -0.856. The molecule has 4 nitrogen and oxygen atoms in total. The van der Waals surface area contributed by atoms with Crippen molar-refractivity contribution < 1.29 is 12.9 Å². The Labute approximate surface area is 50.5 Å². The van der Waals surface area contributed by atoms with Crippen LogP contribution in [0, 0.1) is 0 Å². The zero-order valence-electron chi connectivity index (χ0n) is 4.49. The summed E-state index contributed by atoms with van der Waals surface area (Å²) < 4.78 is 23.6. The molecule has 0 aliphatic heterocycles. The molecule has 8 heavy (non-hydrogen) atoms. The van der Waals surface area contributed by atoms with Crippen molar-refractivity contribution in [2.45, 2.75) is 13.0 Å². The summed E-state index contributed by atoms with van der Waals surface area (Å²) in [7, 11) is 0. The van der Waals surface area contributed by atoms with E-state index in [0.717, 1.165) is 0 Å². The number of hydrogen-bond donors (Lipinski definition) is 1. The highest BCUT2D eigenvalue weighted by molar-refractivity contribution is 7.74. The quantitative estimate of drug-likeness (QED) is 0.515. The maximum Gasteiger partial charge on any atom is 0.0845 e. The third kappa shape index (κ3) is 4.20. The van der Waals surface area contributed by atoms with Gasteiger partial charge < -0.3 is 10.3 Å². The zero-order valence-corrected chi connectivity index (χ0v) is 5.31. The van der Waals surface area contributed by atoms with Crippen LogP contribution in [-0.4, -0.2) is 21.4 Å². The summed E-state index contributed by atoms with van der Waals surface area (Å²) in [6.45, 7) is 1.80. The van der Waals surface area contributed by atoms with Crippen molar-refractivity contribution in [2.24, 2.45) is 5.73 Å². The molecule has 0 amide bonds. The molecule has 0 spiro atoms. The molecule has 0 heterocycles. The van der Waals surface area contributed by atoms with Crippen molar-refractivity contribution in [1.82, 2.24) is 0 Å². The van der Waals surface area contributed by atoms with Crippen molar-refractivity contribution >= 4 is 11.4 Å². The Morgan fingerprint density at radius 2 is 2.50 bits per heavy atom. The van der Waals surface area contributed by atoms with Crippen LogP contribution in [0.4, 0.5) is 0 Å². The average molecular weight is 138 g/mol. The van der Waals surface area contributed by atoms with Gasteiger partial charge in [-0.25, -0.2) is 4.21 Å². The Bertz CT molecular complexity index is 86.6. The standard InChI is InChI=1S/C3H9NO3S/c1-3(2-4)7-8(5)6/h3H,2,4H2,1H3,(H,5,6)/p-1. The van der Waals surface area contributed by atoms with Gasteiger partial charge in [-0.05, 0) is 6.92 Å². The van der Waals surface area contributed by atoms with Gasteiger partial charge in [0.15, 0.2) is 0 Å². The first-order valence-corrected chi connectivity index (χ1v) is 3.13. The molecule has 0 fully saturated rings. The van der Waals surface area contributed by atoms with Gasteiger partial charge in [0.1, 0.15) is 0 Å². The molecular weight excluding hydrogens is 130 g/mol. The summed E-state index contributed by atoms with van der Waals surface area (Å²) >= 11 is -2.43. The molecule has 5 heteroatoms. The van der Waals surface area contributed by atoms with Crippen molar-refractivity contribution in [3.63, 3.8) is 0 Å². The molecule has 2 atom stereocenters. The number of nitrogens with two attached hydrogens (primary N) is 1. The van der Waals surface area contributed by atoms with Crippen LogP contribution >= 0.6 is 0 Å². The Kier molecular flexibility index (Phi) is 3.98. The molecule has 2 unspecified atom stereocenters. The topological polar surface area (TPSA) is 75.4 Å². The van der Waals surface area contributed by atoms with Crippen LogP contribution < -0.4 is 5.73 Å². The van der Waals surface area contributed by atoms with E-state index >= 15 is 0 Å². The lowest BCUT2D eigenvalue weighted by Crippen LogP contribution is -2.20. The minimum Gasteiger partial charge on any atom is -0.750 e. The highest BCUT2D eigenvalue weighted by atomic mass is 32.2. The van der Waals surface area contributed by atoms with Crippen molar-refractivity contribution in [3.8, 4) is 0 Å². The van der Waals surface area contributed by atoms with Crippen LogP contribution in [0.2, 0.25) is 0 Å². The number of rotatable bonds is 3. The highest BCUT2D eigenvalue weighted by Gasteiger charge is 1.95. The fourth-order valence-electron chi connectivity index (χ4n) is 0.173. The van der Waals surface area contributed by atoms with Gasteiger partial charge in [0, 0.05) is 6.54 Å².